The number of amides is 2. The van der Waals surface area contributed by atoms with E-state index in [1.807, 2.05) is 0 Å². The molecule has 0 bridgehead atoms. The first-order valence-corrected chi connectivity index (χ1v) is 14.2. The van der Waals surface area contributed by atoms with E-state index in [4.69, 9.17) is 4.74 Å². The molecule has 0 radical (unpaired) electrons. The summed E-state index contributed by atoms with van der Waals surface area (Å²) >= 11 is 0. The molecule has 8 nitrogen and oxygen atoms in total. The highest BCUT2D eigenvalue weighted by Crippen LogP contribution is 2.33. The molecule has 1 saturated carbocycles. The zero-order chi connectivity index (χ0) is 27.3. The van der Waals surface area contributed by atoms with E-state index >= 15 is 0 Å². The van der Waals surface area contributed by atoms with Crippen LogP contribution in [0, 0.1) is 17.3 Å². The molecule has 1 saturated heterocycles. The molecule has 8 heteroatoms. The van der Waals surface area contributed by atoms with Gasteiger partial charge in [-0.25, -0.2) is 0 Å². The summed E-state index contributed by atoms with van der Waals surface area (Å²) in [5, 5.41) is 17.4. The molecule has 3 atom stereocenters. The normalized spacial score (nSPS) is 20.9. The number of aryl methyl sites for hydroxylation is 1. The lowest BCUT2D eigenvalue weighted by atomic mass is 9.86. The molecule has 1 aliphatic carbocycles. The van der Waals surface area contributed by atoms with Crippen LogP contribution in [0.3, 0.4) is 0 Å². The lowest BCUT2D eigenvalue weighted by molar-refractivity contribution is -0.139. The fraction of sp³-hybridized carbons (Fsp3) is 0.667. The number of nitrogens with zero attached hydrogens (tertiary/aromatic N) is 2. The number of ether oxygens (including phenoxy) is 1. The predicted molar refractivity (Wildman–Crippen MR) is 150 cm³/mol. The Morgan fingerprint density at radius 2 is 1.95 bits per heavy atom. The number of nitrogens with one attached hydrogen (secondary N) is 2. The van der Waals surface area contributed by atoms with E-state index in [2.05, 4.69) is 71.3 Å². The van der Waals surface area contributed by atoms with Crippen LogP contribution < -0.4 is 10.6 Å². The van der Waals surface area contributed by atoms with Crippen LogP contribution in [-0.2, 0) is 27.4 Å². The number of piperidine rings is 1. The van der Waals surface area contributed by atoms with Gasteiger partial charge in [0.25, 0.3) is 0 Å². The van der Waals surface area contributed by atoms with E-state index in [1.165, 1.54) is 16.5 Å². The van der Waals surface area contributed by atoms with E-state index in [0.717, 1.165) is 25.8 Å². The molecule has 4 rings (SSSR count). The standard InChI is InChI=1S/C30H46N4O4/c1-30(2,3)15-24(20-35)32-28(36)21-14-22(17-31-16-21)29(37)34(25-10-11-25)19-23-18-33(12-7-13-38-4)27-9-6-5-8-26(23)27/h5-6,8-9,18,21-22,24-25,31,35H,7,10-17,19-20H2,1-4H3,(H,32,36)/t21-,22+,24+/m0/s1. The van der Waals surface area contributed by atoms with Crippen LogP contribution in [0.5, 0.6) is 0 Å². The molecule has 2 aliphatic rings. The minimum absolute atomic E-state index is 0.00165. The van der Waals surface area contributed by atoms with Gasteiger partial charge in [-0.15, -0.1) is 0 Å². The van der Waals surface area contributed by atoms with E-state index in [0.29, 0.717) is 39.1 Å². The van der Waals surface area contributed by atoms with Crippen molar-refractivity contribution in [3.8, 4) is 0 Å². The van der Waals surface area contributed by atoms with E-state index in [9.17, 15) is 14.7 Å². The lowest BCUT2D eigenvalue weighted by Crippen LogP contribution is -2.51. The number of methoxy groups -OCH3 is 1. The molecule has 0 unspecified atom stereocenters. The van der Waals surface area contributed by atoms with Gasteiger partial charge in [-0.05, 0) is 49.1 Å². The van der Waals surface area contributed by atoms with Crippen molar-refractivity contribution in [1.82, 2.24) is 20.1 Å². The first kappa shape index (κ1) is 28.6. The zero-order valence-corrected chi connectivity index (χ0v) is 23.5. The minimum atomic E-state index is -0.282. The van der Waals surface area contributed by atoms with Gasteiger partial charge in [0.2, 0.25) is 11.8 Å². The molecule has 2 heterocycles. The quantitative estimate of drug-likeness (QED) is 0.369. The highest BCUT2D eigenvalue weighted by molar-refractivity contribution is 5.86. The van der Waals surface area contributed by atoms with E-state index in [1.54, 1.807) is 7.11 Å². The zero-order valence-electron chi connectivity index (χ0n) is 23.5. The molecule has 2 aromatic rings. The second kappa shape index (κ2) is 12.6. The molecule has 38 heavy (non-hydrogen) atoms. The van der Waals surface area contributed by atoms with Gasteiger partial charge in [0.05, 0.1) is 24.5 Å². The number of aromatic nitrogens is 1. The fourth-order valence-corrected chi connectivity index (χ4v) is 5.75. The lowest BCUT2D eigenvalue weighted by Gasteiger charge is -2.34. The van der Waals surface area contributed by atoms with Crippen molar-refractivity contribution in [3.05, 3.63) is 36.0 Å². The summed E-state index contributed by atoms with van der Waals surface area (Å²) in [5.41, 5.74) is 2.36. The number of hydrogen-bond acceptors (Lipinski definition) is 5. The first-order chi connectivity index (χ1) is 18.2. The minimum Gasteiger partial charge on any atom is -0.394 e. The van der Waals surface area contributed by atoms with Crippen molar-refractivity contribution < 1.29 is 19.4 Å². The second-order valence-corrected chi connectivity index (χ2v) is 12.3. The highest BCUT2D eigenvalue weighted by Gasteiger charge is 2.39. The Balaban J connectivity index is 1.44. The van der Waals surface area contributed by atoms with Crippen molar-refractivity contribution in [1.29, 1.82) is 0 Å². The van der Waals surface area contributed by atoms with Gasteiger partial charge in [0, 0.05) is 63.0 Å². The predicted octanol–water partition coefficient (Wildman–Crippen LogP) is 3.31. The Morgan fingerprint density at radius 1 is 1.21 bits per heavy atom. The number of aliphatic hydroxyl groups is 1. The number of aliphatic hydroxyl groups excluding tert-OH is 1. The number of para-hydroxylation sites is 1. The smallest absolute Gasteiger partial charge is 0.227 e. The summed E-state index contributed by atoms with van der Waals surface area (Å²) in [4.78, 5) is 29.0. The van der Waals surface area contributed by atoms with Crippen molar-refractivity contribution in [3.63, 3.8) is 0 Å². The molecule has 1 aromatic carbocycles. The van der Waals surface area contributed by atoms with Crippen LogP contribution in [0.2, 0.25) is 0 Å². The van der Waals surface area contributed by atoms with Crippen molar-refractivity contribution >= 4 is 22.7 Å². The number of carbonyl (C=O) groups excluding carboxylic acids is 2. The van der Waals surface area contributed by atoms with Crippen molar-refractivity contribution in [2.45, 2.75) is 78.0 Å². The van der Waals surface area contributed by atoms with Crippen LogP contribution in [0.4, 0.5) is 0 Å². The number of benzene rings is 1. The number of hydrogen-bond donors (Lipinski definition) is 3. The summed E-state index contributed by atoms with van der Waals surface area (Å²) in [7, 11) is 1.73. The maximum atomic E-state index is 13.9. The van der Waals surface area contributed by atoms with E-state index in [-0.39, 0.29) is 47.8 Å². The largest absolute Gasteiger partial charge is 0.394 e. The Kier molecular flexibility index (Phi) is 9.50. The molecule has 2 fully saturated rings. The number of rotatable bonds is 12. The number of fused-ring (bicyclic) bond motifs is 1. The first-order valence-electron chi connectivity index (χ1n) is 14.2. The van der Waals surface area contributed by atoms with Crippen LogP contribution in [0.1, 0.15) is 58.4 Å². The van der Waals surface area contributed by atoms with Gasteiger partial charge in [-0.1, -0.05) is 39.0 Å². The van der Waals surface area contributed by atoms with Crippen LogP contribution in [0.25, 0.3) is 10.9 Å². The summed E-state index contributed by atoms with van der Waals surface area (Å²) in [5.74, 6) is -0.446. The molecule has 210 valence electrons. The average Bonchev–Trinajstić information content (AvgIpc) is 3.68. The summed E-state index contributed by atoms with van der Waals surface area (Å²) in [6, 6.07) is 8.40. The van der Waals surface area contributed by atoms with Crippen molar-refractivity contribution in [2.75, 3.05) is 33.4 Å². The monoisotopic (exact) mass is 526 g/mol. The maximum Gasteiger partial charge on any atom is 0.227 e. The molecule has 2 amide bonds. The Labute approximate surface area is 227 Å². The third kappa shape index (κ3) is 7.36. The number of carbonyl (C=O) groups is 2. The molecule has 1 aliphatic heterocycles. The molecule has 3 N–H and O–H groups in total. The van der Waals surface area contributed by atoms with Crippen LogP contribution >= 0.6 is 0 Å². The third-order valence-corrected chi connectivity index (χ3v) is 7.73. The van der Waals surface area contributed by atoms with Gasteiger partial charge in [0.1, 0.15) is 0 Å². The Morgan fingerprint density at radius 3 is 2.63 bits per heavy atom. The average molecular weight is 527 g/mol. The SMILES string of the molecule is COCCCn1cc(CN(C(=O)[C@H]2CNC[C@@H](C(=O)N[C@@H](CO)CC(C)(C)C)C2)C2CC2)c2ccccc21. The fourth-order valence-electron chi connectivity index (χ4n) is 5.75. The molecule has 0 spiro atoms. The maximum absolute atomic E-state index is 13.9. The Bertz CT molecular complexity index is 1090. The molecular weight excluding hydrogens is 480 g/mol. The third-order valence-electron chi connectivity index (χ3n) is 7.73. The Hall–Kier alpha value is -2.42. The van der Waals surface area contributed by atoms with Gasteiger partial charge < -0.3 is 29.9 Å². The van der Waals surface area contributed by atoms with Gasteiger partial charge >= 0.3 is 0 Å². The molecular formula is C30H46N4O4. The van der Waals surface area contributed by atoms with Crippen LogP contribution in [-0.4, -0.2) is 71.9 Å². The van der Waals surface area contributed by atoms with Gasteiger partial charge in [0.15, 0.2) is 0 Å². The summed E-state index contributed by atoms with van der Waals surface area (Å²) in [6.45, 7) is 9.55. The van der Waals surface area contributed by atoms with Gasteiger partial charge in [-0.3, -0.25) is 9.59 Å². The summed E-state index contributed by atoms with van der Waals surface area (Å²) in [6.07, 6.45) is 6.44. The van der Waals surface area contributed by atoms with Crippen molar-refractivity contribution in [2.24, 2.45) is 17.3 Å². The van der Waals surface area contributed by atoms with Crippen LogP contribution in [0.15, 0.2) is 30.5 Å². The van der Waals surface area contributed by atoms with E-state index < -0.39 is 0 Å². The topological polar surface area (TPSA) is 95.8 Å². The highest BCUT2D eigenvalue weighted by atomic mass is 16.5. The summed E-state index contributed by atoms with van der Waals surface area (Å²) < 4.78 is 7.52. The molecule has 1 aromatic heterocycles. The van der Waals surface area contributed by atoms with Gasteiger partial charge in [-0.2, -0.15) is 0 Å². The second-order valence-electron chi connectivity index (χ2n) is 12.3.